The molecular formula is C12H25ClN2O2S. The van der Waals surface area contributed by atoms with E-state index < -0.39 is 10.0 Å². The van der Waals surface area contributed by atoms with E-state index >= 15 is 0 Å². The summed E-state index contributed by atoms with van der Waals surface area (Å²) < 4.78 is 26.9. The minimum Gasteiger partial charge on any atom is -0.314 e. The normalized spacial score (nSPS) is 30.1. The Balaban J connectivity index is 0.00000162. The summed E-state index contributed by atoms with van der Waals surface area (Å²) in [5, 5.41) is 3.34. The third-order valence-electron chi connectivity index (χ3n) is 3.90. The van der Waals surface area contributed by atoms with Crippen molar-refractivity contribution >= 4 is 22.4 Å². The van der Waals surface area contributed by atoms with Crippen LogP contribution >= 0.6 is 12.4 Å². The first-order valence-electron chi connectivity index (χ1n) is 6.78. The molecule has 2 atom stereocenters. The van der Waals surface area contributed by atoms with Gasteiger partial charge in [0.05, 0.1) is 5.75 Å². The second-order valence-electron chi connectivity index (χ2n) is 5.63. The number of halogens is 1. The van der Waals surface area contributed by atoms with Crippen LogP contribution in [0.2, 0.25) is 0 Å². The van der Waals surface area contributed by atoms with Gasteiger partial charge in [0.2, 0.25) is 10.0 Å². The molecule has 0 bridgehead atoms. The highest BCUT2D eigenvalue weighted by molar-refractivity contribution is 7.89. The summed E-state index contributed by atoms with van der Waals surface area (Å²) in [5.74, 6) is 0.734. The van der Waals surface area contributed by atoms with Crippen LogP contribution in [0.1, 0.15) is 45.4 Å². The van der Waals surface area contributed by atoms with Gasteiger partial charge in [0.15, 0.2) is 0 Å². The first-order valence-corrected chi connectivity index (χ1v) is 8.44. The van der Waals surface area contributed by atoms with E-state index in [1.807, 2.05) is 0 Å². The van der Waals surface area contributed by atoms with Crippen molar-refractivity contribution in [3.8, 4) is 0 Å². The average molecular weight is 297 g/mol. The van der Waals surface area contributed by atoms with Crippen molar-refractivity contribution in [2.45, 2.75) is 57.5 Å². The molecule has 1 saturated heterocycles. The van der Waals surface area contributed by atoms with Crippen molar-refractivity contribution < 1.29 is 8.42 Å². The van der Waals surface area contributed by atoms with Gasteiger partial charge in [-0.2, -0.15) is 0 Å². The minimum absolute atomic E-state index is 0. The molecule has 2 N–H and O–H groups in total. The maximum Gasteiger partial charge on any atom is 0.212 e. The standard InChI is InChI=1S/C12H24N2O2S.ClH/c1-10-8-12(6-7-13-10)14-17(15,16)9-11-4-2-3-5-11;/h10-14H,2-9H2,1H3;1H. The number of piperidine rings is 1. The van der Waals surface area contributed by atoms with Gasteiger partial charge in [0.25, 0.3) is 0 Å². The molecular weight excluding hydrogens is 272 g/mol. The molecule has 2 aliphatic rings. The van der Waals surface area contributed by atoms with Gasteiger partial charge < -0.3 is 5.32 Å². The molecule has 108 valence electrons. The maximum atomic E-state index is 12.0. The van der Waals surface area contributed by atoms with Crippen molar-refractivity contribution in [1.82, 2.24) is 10.0 Å². The largest absolute Gasteiger partial charge is 0.314 e. The Morgan fingerprint density at radius 3 is 2.50 bits per heavy atom. The summed E-state index contributed by atoms with van der Waals surface area (Å²) >= 11 is 0. The highest BCUT2D eigenvalue weighted by Gasteiger charge is 2.26. The Bertz CT molecular complexity index is 342. The lowest BCUT2D eigenvalue weighted by atomic mass is 10.0. The molecule has 1 aliphatic heterocycles. The van der Waals surface area contributed by atoms with Crippen LogP contribution in [-0.4, -0.2) is 32.8 Å². The zero-order valence-electron chi connectivity index (χ0n) is 11.0. The predicted octanol–water partition coefficient (Wildman–Crippen LogP) is 1.66. The SMILES string of the molecule is CC1CC(NS(=O)(=O)CC2CCCC2)CCN1.Cl. The Labute approximate surface area is 117 Å². The first-order chi connectivity index (χ1) is 8.05. The van der Waals surface area contributed by atoms with Crippen LogP contribution < -0.4 is 10.0 Å². The van der Waals surface area contributed by atoms with Crippen molar-refractivity contribution in [2.75, 3.05) is 12.3 Å². The molecule has 0 spiro atoms. The molecule has 1 heterocycles. The van der Waals surface area contributed by atoms with Gasteiger partial charge in [0.1, 0.15) is 0 Å². The fourth-order valence-electron chi connectivity index (χ4n) is 3.03. The lowest BCUT2D eigenvalue weighted by molar-refractivity contribution is 0.360. The van der Waals surface area contributed by atoms with Gasteiger partial charge in [-0.1, -0.05) is 12.8 Å². The van der Waals surface area contributed by atoms with Crippen LogP contribution in [0.15, 0.2) is 0 Å². The number of hydrogen-bond acceptors (Lipinski definition) is 3. The highest BCUT2D eigenvalue weighted by atomic mass is 35.5. The summed E-state index contributed by atoms with van der Waals surface area (Å²) in [6.45, 7) is 3.02. The van der Waals surface area contributed by atoms with Crippen LogP contribution in [-0.2, 0) is 10.0 Å². The van der Waals surface area contributed by atoms with Gasteiger partial charge in [-0.15, -0.1) is 12.4 Å². The summed E-state index contributed by atoms with van der Waals surface area (Å²) in [4.78, 5) is 0. The van der Waals surface area contributed by atoms with E-state index in [0.717, 1.165) is 32.2 Å². The zero-order chi connectivity index (χ0) is 12.3. The molecule has 0 aromatic heterocycles. The molecule has 4 nitrogen and oxygen atoms in total. The van der Waals surface area contributed by atoms with Crippen LogP contribution in [0.4, 0.5) is 0 Å². The zero-order valence-corrected chi connectivity index (χ0v) is 12.7. The smallest absolute Gasteiger partial charge is 0.212 e. The van der Waals surface area contributed by atoms with Crippen molar-refractivity contribution in [3.05, 3.63) is 0 Å². The second kappa shape index (κ2) is 7.08. The summed E-state index contributed by atoms with van der Waals surface area (Å²) in [5.41, 5.74) is 0. The van der Waals surface area contributed by atoms with Crippen LogP contribution in [0, 0.1) is 5.92 Å². The topological polar surface area (TPSA) is 58.2 Å². The Hall–Kier alpha value is 0.160. The van der Waals surface area contributed by atoms with E-state index in [0.29, 0.717) is 17.7 Å². The van der Waals surface area contributed by atoms with Gasteiger partial charge in [-0.25, -0.2) is 13.1 Å². The Kier molecular flexibility index (Phi) is 6.38. The van der Waals surface area contributed by atoms with E-state index in [4.69, 9.17) is 0 Å². The number of sulfonamides is 1. The average Bonchev–Trinajstić information content (AvgIpc) is 2.68. The maximum absolute atomic E-state index is 12.0. The molecule has 0 aromatic rings. The molecule has 18 heavy (non-hydrogen) atoms. The van der Waals surface area contributed by atoms with E-state index in [2.05, 4.69) is 17.0 Å². The Morgan fingerprint density at radius 2 is 1.89 bits per heavy atom. The predicted molar refractivity (Wildman–Crippen MR) is 76.6 cm³/mol. The summed E-state index contributed by atoms with van der Waals surface area (Å²) in [6, 6.07) is 0.556. The lowest BCUT2D eigenvalue weighted by Crippen LogP contribution is -2.47. The number of rotatable bonds is 4. The van der Waals surface area contributed by atoms with Crippen molar-refractivity contribution in [1.29, 1.82) is 0 Å². The third kappa shape index (κ3) is 5.03. The number of nitrogens with one attached hydrogen (secondary N) is 2. The van der Waals surface area contributed by atoms with Crippen LogP contribution in [0.5, 0.6) is 0 Å². The van der Waals surface area contributed by atoms with E-state index in [9.17, 15) is 8.42 Å². The van der Waals surface area contributed by atoms with E-state index in [1.54, 1.807) is 0 Å². The number of hydrogen-bond donors (Lipinski definition) is 2. The van der Waals surface area contributed by atoms with E-state index in [-0.39, 0.29) is 18.4 Å². The van der Waals surface area contributed by atoms with Gasteiger partial charge in [0, 0.05) is 12.1 Å². The molecule has 1 aliphatic carbocycles. The fourth-order valence-corrected chi connectivity index (χ4v) is 4.80. The summed E-state index contributed by atoms with van der Waals surface area (Å²) in [7, 11) is -3.07. The lowest BCUT2D eigenvalue weighted by Gasteiger charge is -2.28. The third-order valence-corrected chi connectivity index (χ3v) is 5.50. The molecule has 1 saturated carbocycles. The molecule has 0 amide bonds. The van der Waals surface area contributed by atoms with Crippen molar-refractivity contribution in [3.63, 3.8) is 0 Å². The molecule has 2 fully saturated rings. The molecule has 2 rings (SSSR count). The van der Waals surface area contributed by atoms with Crippen LogP contribution in [0.3, 0.4) is 0 Å². The minimum atomic E-state index is -3.07. The summed E-state index contributed by atoms with van der Waals surface area (Å²) in [6.07, 6.45) is 6.39. The van der Waals surface area contributed by atoms with Gasteiger partial charge >= 0.3 is 0 Å². The molecule has 6 heteroatoms. The molecule has 2 unspecified atom stereocenters. The fraction of sp³-hybridized carbons (Fsp3) is 1.00. The Morgan fingerprint density at radius 1 is 1.22 bits per heavy atom. The van der Waals surface area contributed by atoms with Crippen LogP contribution in [0.25, 0.3) is 0 Å². The van der Waals surface area contributed by atoms with Crippen molar-refractivity contribution in [2.24, 2.45) is 5.92 Å². The quantitative estimate of drug-likeness (QED) is 0.829. The molecule has 0 aromatic carbocycles. The van der Waals surface area contributed by atoms with Gasteiger partial charge in [-0.3, -0.25) is 0 Å². The van der Waals surface area contributed by atoms with Gasteiger partial charge in [-0.05, 0) is 45.1 Å². The van der Waals surface area contributed by atoms with E-state index in [1.165, 1.54) is 12.8 Å². The first kappa shape index (κ1) is 16.2. The second-order valence-corrected chi connectivity index (χ2v) is 7.42. The monoisotopic (exact) mass is 296 g/mol. The molecule has 0 radical (unpaired) electrons. The highest BCUT2D eigenvalue weighted by Crippen LogP contribution is 2.26.